The second-order valence-electron chi connectivity index (χ2n) is 4.37. The molecule has 0 radical (unpaired) electrons. The number of benzene rings is 1. The Balaban J connectivity index is 2.16. The number of hydrogen-bond acceptors (Lipinski definition) is 2. The first-order chi connectivity index (χ1) is 7.74. The maximum atomic E-state index is 4.70. The highest BCUT2D eigenvalue weighted by Gasteiger charge is 2.15. The quantitative estimate of drug-likeness (QED) is 0.738. The Morgan fingerprint density at radius 1 is 1.25 bits per heavy atom. The van der Waals surface area contributed by atoms with Gasteiger partial charge in [-0.1, -0.05) is 15.9 Å². The van der Waals surface area contributed by atoms with Gasteiger partial charge in [0, 0.05) is 30.5 Å². The van der Waals surface area contributed by atoms with Crippen LogP contribution in [0.3, 0.4) is 0 Å². The van der Waals surface area contributed by atoms with Crippen molar-refractivity contribution >= 4 is 27.0 Å². The van der Waals surface area contributed by atoms with E-state index in [0.29, 0.717) is 0 Å². The minimum atomic E-state index is 1.04. The molecule has 3 rings (SSSR count). The molecule has 4 heteroatoms. The lowest BCUT2D eigenvalue weighted by Crippen LogP contribution is -2.21. The van der Waals surface area contributed by atoms with Crippen molar-refractivity contribution in [3.05, 3.63) is 28.5 Å². The number of rotatable bonds is 0. The van der Waals surface area contributed by atoms with Crippen LogP contribution in [0, 0.1) is 0 Å². The van der Waals surface area contributed by atoms with E-state index in [2.05, 4.69) is 50.6 Å². The molecule has 84 valence electrons. The largest absolute Gasteiger partial charge is 0.327 e. The zero-order chi connectivity index (χ0) is 11.1. The van der Waals surface area contributed by atoms with Crippen molar-refractivity contribution in [3.63, 3.8) is 0 Å². The normalized spacial score (nSPS) is 17.4. The monoisotopic (exact) mass is 279 g/mol. The van der Waals surface area contributed by atoms with Crippen LogP contribution in [-0.2, 0) is 13.0 Å². The van der Waals surface area contributed by atoms with Crippen LogP contribution in [0.5, 0.6) is 0 Å². The lowest BCUT2D eigenvalue weighted by molar-refractivity contribution is 0.342. The molecule has 0 N–H and O–H groups in total. The third-order valence-corrected chi connectivity index (χ3v) is 3.71. The summed E-state index contributed by atoms with van der Waals surface area (Å²) in [7, 11) is 2.17. The molecule has 2 heterocycles. The van der Waals surface area contributed by atoms with Crippen molar-refractivity contribution < 1.29 is 0 Å². The van der Waals surface area contributed by atoms with Crippen LogP contribution in [0.2, 0.25) is 0 Å². The summed E-state index contributed by atoms with van der Waals surface area (Å²) in [5, 5.41) is 0. The highest BCUT2D eigenvalue weighted by molar-refractivity contribution is 9.10. The Morgan fingerprint density at radius 2 is 2.12 bits per heavy atom. The van der Waals surface area contributed by atoms with Gasteiger partial charge in [0.25, 0.3) is 0 Å². The molecule has 1 aromatic heterocycles. The predicted molar refractivity (Wildman–Crippen MR) is 68.6 cm³/mol. The third-order valence-electron chi connectivity index (χ3n) is 3.21. The lowest BCUT2D eigenvalue weighted by Gasteiger charge is -2.11. The summed E-state index contributed by atoms with van der Waals surface area (Å²) in [6.45, 7) is 3.24. The molecule has 1 aliphatic heterocycles. The second-order valence-corrected chi connectivity index (χ2v) is 5.28. The van der Waals surface area contributed by atoms with Crippen molar-refractivity contribution in [1.29, 1.82) is 0 Å². The van der Waals surface area contributed by atoms with Gasteiger partial charge in [0.15, 0.2) is 0 Å². The van der Waals surface area contributed by atoms with E-state index in [4.69, 9.17) is 4.98 Å². The SMILES string of the molecule is CN1CCc2nc3ccc(Br)cc3n2CC1. The fraction of sp³-hybridized carbons (Fsp3) is 0.417. The van der Waals surface area contributed by atoms with Gasteiger partial charge in [-0.15, -0.1) is 0 Å². The maximum absolute atomic E-state index is 4.70. The number of halogens is 1. The first-order valence-electron chi connectivity index (χ1n) is 5.57. The topological polar surface area (TPSA) is 21.1 Å². The fourth-order valence-corrected chi connectivity index (χ4v) is 2.61. The van der Waals surface area contributed by atoms with Gasteiger partial charge in [-0.05, 0) is 25.2 Å². The van der Waals surface area contributed by atoms with E-state index in [1.54, 1.807) is 0 Å². The number of fused-ring (bicyclic) bond motifs is 3. The van der Waals surface area contributed by atoms with Gasteiger partial charge in [0.05, 0.1) is 11.0 Å². The number of imidazole rings is 1. The van der Waals surface area contributed by atoms with Gasteiger partial charge in [-0.25, -0.2) is 4.98 Å². The predicted octanol–water partition coefficient (Wildman–Crippen LogP) is 2.29. The van der Waals surface area contributed by atoms with Crippen molar-refractivity contribution in [1.82, 2.24) is 14.5 Å². The van der Waals surface area contributed by atoms with Crippen molar-refractivity contribution in [2.24, 2.45) is 0 Å². The van der Waals surface area contributed by atoms with Crippen LogP contribution in [0.4, 0.5) is 0 Å². The Kier molecular flexibility index (Phi) is 2.48. The first kappa shape index (κ1) is 10.3. The molecule has 0 bridgehead atoms. The highest BCUT2D eigenvalue weighted by atomic mass is 79.9. The van der Waals surface area contributed by atoms with E-state index in [1.807, 2.05) is 0 Å². The minimum absolute atomic E-state index is 1.04. The number of nitrogens with zero attached hydrogens (tertiary/aromatic N) is 3. The fourth-order valence-electron chi connectivity index (χ4n) is 2.26. The van der Waals surface area contributed by atoms with Gasteiger partial charge in [0.1, 0.15) is 5.82 Å². The molecule has 16 heavy (non-hydrogen) atoms. The average Bonchev–Trinajstić information content (AvgIpc) is 2.50. The zero-order valence-electron chi connectivity index (χ0n) is 9.28. The van der Waals surface area contributed by atoms with E-state index >= 15 is 0 Å². The van der Waals surface area contributed by atoms with Crippen LogP contribution in [-0.4, -0.2) is 34.6 Å². The van der Waals surface area contributed by atoms with E-state index in [0.717, 1.165) is 36.0 Å². The summed E-state index contributed by atoms with van der Waals surface area (Å²) in [4.78, 5) is 7.06. The third kappa shape index (κ3) is 1.66. The molecule has 2 aromatic rings. The molecule has 0 spiro atoms. The van der Waals surface area contributed by atoms with Gasteiger partial charge in [0.2, 0.25) is 0 Å². The Labute approximate surface area is 103 Å². The van der Waals surface area contributed by atoms with Crippen LogP contribution >= 0.6 is 15.9 Å². The molecule has 3 nitrogen and oxygen atoms in total. The number of aromatic nitrogens is 2. The summed E-state index contributed by atoms with van der Waals surface area (Å²) >= 11 is 3.52. The van der Waals surface area contributed by atoms with Gasteiger partial charge in [-0.2, -0.15) is 0 Å². The van der Waals surface area contributed by atoms with E-state index in [9.17, 15) is 0 Å². The Bertz CT molecular complexity index is 532. The van der Waals surface area contributed by atoms with Crippen molar-refractivity contribution in [3.8, 4) is 0 Å². The van der Waals surface area contributed by atoms with Crippen LogP contribution < -0.4 is 0 Å². The van der Waals surface area contributed by atoms with Crippen molar-refractivity contribution in [2.75, 3.05) is 20.1 Å². The van der Waals surface area contributed by atoms with Crippen LogP contribution in [0.25, 0.3) is 11.0 Å². The molecule has 0 aliphatic carbocycles. The molecule has 0 amide bonds. The van der Waals surface area contributed by atoms with Gasteiger partial charge >= 0.3 is 0 Å². The standard InChI is InChI=1S/C12H14BrN3/c1-15-5-4-12-14-10-3-2-9(13)8-11(10)16(12)7-6-15/h2-3,8H,4-7H2,1H3. The molecule has 1 aromatic carbocycles. The van der Waals surface area contributed by atoms with Gasteiger partial charge < -0.3 is 9.47 Å². The molecular formula is C12H14BrN3. The molecule has 0 unspecified atom stereocenters. The van der Waals surface area contributed by atoms with Gasteiger partial charge in [-0.3, -0.25) is 0 Å². The second kappa shape index (κ2) is 3.86. The molecular weight excluding hydrogens is 266 g/mol. The van der Waals surface area contributed by atoms with E-state index in [1.165, 1.54) is 11.3 Å². The summed E-state index contributed by atoms with van der Waals surface area (Å²) in [5.41, 5.74) is 2.36. The Hall–Kier alpha value is -0.870. The molecule has 0 saturated heterocycles. The summed E-state index contributed by atoms with van der Waals surface area (Å²) < 4.78 is 3.48. The highest BCUT2D eigenvalue weighted by Crippen LogP contribution is 2.22. The maximum Gasteiger partial charge on any atom is 0.111 e. The number of likely N-dealkylation sites (N-methyl/N-ethyl adjacent to an activating group) is 1. The Morgan fingerprint density at radius 3 is 3.00 bits per heavy atom. The van der Waals surface area contributed by atoms with E-state index in [-0.39, 0.29) is 0 Å². The van der Waals surface area contributed by atoms with Crippen LogP contribution in [0.1, 0.15) is 5.82 Å². The first-order valence-corrected chi connectivity index (χ1v) is 6.36. The van der Waals surface area contributed by atoms with Crippen LogP contribution in [0.15, 0.2) is 22.7 Å². The van der Waals surface area contributed by atoms with Crippen molar-refractivity contribution in [2.45, 2.75) is 13.0 Å². The summed E-state index contributed by atoms with van der Waals surface area (Å²) in [6, 6.07) is 6.31. The molecule has 1 aliphatic rings. The number of hydrogen-bond donors (Lipinski definition) is 0. The zero-order valence-corrected chi connectivity index (χ0v) is 10.9. The lowest BCUT2D eigenvalue weighted by atomic mass is 10.3. The average molecular weight is 280 g/mol. The van der Waals surface area contributed by atoms with E-state index < -0.39 is 0 Å². The molecule has 0 fully saturated rings. The summed E-state index contributed by atoms with van der Waals surface area (Å²) in [6.07, 6.45) is 1.04. The smallest absolute Gasteiger partial charge is 0.111 e. The minimum Gasteiger partial charge on any atom is -0.327 e. The summed E-state index contributed by atoms with van der Waals surface area (Å²) in [5.74, 6) is 1.22. The molecule has 0 atom stereocenters. The molecule has 0 saturated carbocycles.